The number of rotatable bonds is 3. The van der Waals surface area contributed by atoms with E-state index in [1.54, 1.807) is 0 Å². The molecule has 1 fully saturated rings. The van der Waals surface area contributed by atoms with E-state index in [1.165, 1.54) is 6.26 Å². The first-order valence-corrected chi connectivity index (χ1v) is 6.54. The number of hydrogen-bond acceptors (Lipinski definition) is 4. The summed E-state index contributed by atoms with van der Waals surface area (Å²) in [6, 6.07) is 0.0785. The van der Waals surface area contributed by atoms with Crippen molar-refractivity contribution < 1.29 is 12.6 Å². The van der Waals surface area contributed by atoms with Crippen LogP contribution < -0.4 is 4.72 Å². The Hall–Kier alpha value is 0.220. The number of thiol groups is 1. The highest BCUT2D eigenvalue weighted by atomic mass is 32.2. The highest BCUT2D eigenvalue weighted by Gasteiger charge is 2.22. The van der Waals surface area contributed by atoms with Gasteiger partial charge in [0.25, 0.3) is 0 Å². The fourth-order valence-corrected chi connectivity index (χ4v) is 2.64. The normalized spacial score (nSPS) is 30.3. The van der Waals surface area contributed by atoms with Crippen molar-refractivity contribution in [1.29, 1.82) is 0 Å². The van der Waals surface area contributed by atoms with Gasteiger partial charge in [0.1, 0.15) is 0 Å². The van der Waals surface area contributed by atoms with Crippen LogP contribution in [-0.2, 0) is 14.2 Å². The molecule has 0 heterocycles. The summed E-state index contributed by atoms with van der Waals surface area (Å²) in [4.78, 5) is 0. The van der Waals surface area contributed by atoms with Crippen molar-refractivity contribution in [2.75, 3.05) is 6.26 Å². The van der Waals surface area contributed by atoms with E-state index in [4.69, 9.17) is 4.18 Å². The van der Waals surface area contributed by atoms with E-state index >= 15 is 0 Å². The van der Waals surface area contributed by atoms with Gasteiger partial charge in [-0.3, -0.25) is 0 Å². The Morgan fingerprint density at radius 3 is 2.23 bits per heavy atom. The lowest BCUT2D eigenvalue weighted by molar-refractivity contribution is 0.175. The van der Waals surface area contributed by atoms with Gasteiger partial charge in [0, 0.05) is 6.04 Å². The Kier molecular flexibility index (Phi) is 4.03. The van der Waals surface area contributed by atoms with Crippen LogP contribution in [0.4, 0.5) is 0 Å². The summed E-state index contributed by atoms with van der Waals surface area (Å²) in [5, 5.41) is 0. The maximum absolute atomic E-state index is 10.9. The molecule has 0 saturated heterocycles. The second-order valence-electron chi connectivity index (χ2n) is 3.47. The maximum atomic E-state index is 10.9. The molecule has 1 aliphatic carbocycles. The first-order valence-electron chi connectivity index (χ1n) is 4.29. The fraction of sp³-hybridized carbons (Fsp3) is 1.00. The Labute approximate surface area is 84.7 Å². The third-order valence-corrected chi connectivity index (χ3v) is 3.26. The fourth-order valence-electron chi connectivity index (χ4n) is 1.59. The minimum atomic E-state index is -3.06. The molecule has 0 unspecified atom stereocenters. The van der Waals surface area contributed by atoms with Crippen molar-refractivity contribution in [3.63, 3.8) is 0 Å². The van der Waals surface area contributed by atoms with E-state index in [1.807, 2.05) is 0 Å². The molecule has 1 N–H and O–H groups in total. The molecule has 0 amide bonds. The summed E-state index contributed by atoms with van der Waals surface area (Å²) >= 11 is 3.74. The van der Waals surface area contributed by atoms with Gasteiger partial charge in [-0.15, -0.1) is 0 Å². The molecule has 0 aromatic heterocycles. The van der Waals surface area contributed by atoms with Crippen LogP contribution >= 0.6 is 12.9 Å². The predicted molar refractivity (Wildman–Crippen MR) is 54.1 cm³/mol. The second kappa shape index (κ2) is 4.63. The average Bonchev–Trinajstić information content (AvgIpc) is 2.03. The summed E-state index contributed by atoms with van der Waals surface area (Å²) in [5.74, 6) is 0. The average molecular weight is 225 g/mol. The first kappa shape index (κ1) is 11.3. The van der Waals surface area contributed by atoms with Gasteiger partial charge in [-0.25, -0.2) is 13.1 Å². The molecule has 1 aliphatic rings. The largest absolute Gasteiger partial charge is 0.315 e. The topological polar surface area (TPSA) is 55.4 Å². The van der Waals surface area contributed by atoms with Crippen LogP contribution in [0.2, 0.25) is 0 Å². The number of nitrogens with one attached hydrogen (secondary N) is 1. The van der Waals surface area contributed by atoms with Crippen LogP contribution in [0.15, 0.2) is 0 Å². The summed E-state index contributed by atoms with van der Waals surface area (Å²) in [6.45, 7) is 0. The molecule has 1 rings (SSSR count). The van der Waals surface area contributed by atoms with Crippen LogP contribution in [0.25, 0.3) is 0 Å². The zero-order valence-corrected chi connectivity index (χ0v) is 9.27. The Balaban J connectivity index is 2.33. The number of sulfonamides is 1. The van der Waals surface area contributed by atoms with Gasteiger partial charge in [-0.1, -0.05) is 0 Å². The van der Waals surface area contributed by atoms with Gasteiger partial charge in [0.15, 0.2) is 0 Å². The molecule has 13 heavy (non-hydrogen) atoms. The van der Waals surface area contributed by atoms with Crippen LogP contribution in [-0.4, -0.2) is 26.8 Å². The van der Waals surface area contributed by atoms with E-state index in [0.29, 0.717) is 0 Å². The van der Waals surface area contributed by atoms with Gasteiger partial charge in [-0.2, -0.15) is 0 Å². The molecule has 0 atom stereocenters. The van der Waals surface area contributed by atoms with E-state index in [-0.39, 0.29) is 12.1 Å². The predicted octanol–water partition coefficient (Wildman–Crippen LogP) is 0.708. The van der Waals surface area contributed by atoms with Crippen molar-refractivity contribution in [1.82, 2.24) is 4.72 Å². The molecule has 6 heteroatoms. The quantitative estimate of drug-likeness (QED) is 0.549. The molecule has 0 spiro atoms. The zero-order chi connectivity index (χ0) is 9.90. The maximum Gasteiger partial charge on any atom is 0.208 e. The van der Waals surface area contributed by atoms with Crippen molar-refractivity contribution in [2.45, 2.75) is 37.8 Å². The van der Waals surface area contributed by atoms with E-state index in [0.717, 1.165) is 25.7 Å². The van der Waals surface area contributed by atoms with Crippen LogP contribution in [0.1, 0.15) is 25.7 Å². The molecule has 0 bridgehead atoms. The lowest BCUT2D eigenvalue weighted by atomic mass is 9.94. The monoisotopic (exact) mass is 225 g/mol. The Morgan fingerprint density at radius 1 is 1.31 bits per heavy atom. The van der Waals surface area contributed by atoms with E-state index in [9.17, 15) is 8.42 Å². The SMILES string of the molecule is CS(=O)(=O)NC1CCC(OS)CC1. The van der Waals surface area contributed by atoms with Gasteiger partial charge < -0.3 is 4.18 Å². The molecular formula is C7H15NO3S2. The van der Waals surface area contributed by atoms with E-state index < -0.39 is 10.0 Å². The second-order valence-corrected chi connectivity index (χ2v) is 5.46. The van der Waals surface area contributed by atoms with Crippen molar-refractivity contribution in [3.8, 4) is 0 Å². The Morgan fingerprint density at radius 2 is 1.85 bits per heavy atom. The summed E-state index contributed by atoms with van der Waals surface area (Å²) in [5.41, 5.74) is 0. The highest BCUT2D eigenvalue weighted by molar-refractivity contribution is 7.88. The van der Waals surface area contributed by atoms with Crippen LogP contribution in [0.3, 0.4) is 0 Å². The molecular weight excluding hydrogens is 210 g/mol. The van der Waals surface area contributed by atoms with Crippen LogP contribution in [0.5, 0.6) is 0 Å². The van der Waals surface area contributed by atoms with E-state index in [2.05, 4.69) is 17.6 Å². The third-order valence-electron chi connectivity index (χ3n) is 2.20. The highest BCUT2D eigenvalue weighted by Crippen LogP contribution is 2.22. The van der Waals surface area contributed by atoms with Crippen molar-refractivity contribution in [2.24, 2.45) is 0 Å². The summed E-state index contributed by atoms with van der Waals surface area (Å²) in [7, 11) is -3.06. The molecule has 0 aliphatic heterocycles. The van der Waals surface area contributed by atoms with Crippen molar-refractivity contribution in [3.05, 3.63) is 0 Å². The Bertz CT molecular complexity index is 244. The van der Waals surface area contributed by atoms with Gasteiger partial charge >= 0.3 is 0 Å². The minimum absolute atomic E-state index is 0.0785. The van der Waals surface area contributed by atoms with Crippen LogP contribution in [0, 0.1) is 0 Å². The minimum Gasteiger partial charge on any atom is -0.315 e. The molecule has 0 radical (unpaired) electrons. The lowest BCUT2D eigenvalue weighted by Gasteiger charge is -2.26. The molecule has 1 saturated carbocycles. The van der Waals surface area contributed by atoms with Gasteiger partial charge in [0.05, 0.1) is 12.4 Å². The standard InChI is InChI=1S/C7H15NO3S2/c1-13(9,10)8-6-2-4-7(11-12)5-3-6/h6-8,12H,2-5H2,1H3. The lowest BCUT2D eigenvalue weighted by Crippen LogP contribution is -2.38. The summed E-state index contributed by atoms with van der Waals surface area (Å²) in [6.07, 6.45) is 4.78. The number of hydrogen-bond donors (Lipinski definition) is 2. The first-order chi connectivity index (χ1) is 6.01. The zero-order valence-electron chi connectivity index (χ0n) is 7.56. The molecule has 0 aromatic rings. The third kappa shape index (κ3) is 4.30. The van der Waals surface area contributed by atoms with Gasteiger partial charge in [0.2, 0.25) is 10.0 Å². The smallest absolute Gasteiger partial charge is 0.208 e. The van der Waals surface area contributed by atoms with Crippen molar-refractivity contribution >= 4 is 22.9 Å². The molecule has 78 valence electrons. The summed E-state index contributed by atoms with van der Waals surface area (Å²) < 4.78 is 29.3. The molecule has 0 aromatic carbocycles. The molecule has 4 nitrogen and oxygen atoms in total. The van der Waals surface area contributed by atoms with Gasteiger partial charge in [-0.05, 0) is 38.6 Å².